The summed E-state index contributed by atoms with van der Waals surface area (Å²) in [5.41, 5.74) is 3.10. The van der Waals surface area contributed by atoms with Gasteiger partial charge in [-0.1, -0.05) is 48.5 Å². The summed E-state index contributed by atoms with van der Waals surface area (Å²) >= 11 is 5.33. The van der Waals surface area contributed by atoms with Crippen LogP contribution in [0, 0.1) is 0 Å². The molecule has 0 heterocycles. The Bertz CT molecular complexity index is 1250. The number of hydrogen-bond donors (Lipinski definition) is 3. The van der Waals surface area contributed by atoms with Crippen molar-refractivity contribution in [3.8, 4) is 11.5 Å². The predicted octanol–water partition coefficient (Wildman–Crippen LogP) is 6.01. The van der Waals surface area contributed by atoms with Gasteiger partial charge in [0.15, 0.2) is 5.11 Å². The van der Waals surface area contributed by atoms with E-state index in [0.29, 0.717) is 24.5 Å². The number of anilines is 3. The molecule has 0 saturated heterocycles. The number of benzene rings is 4. The molecule has 0 aliphatic carbocycles. The van der Waals surface area contributed by atoms with E-state index in [2.05, 4.69) is 16.0 Å². The maximum Gasteiger partial charge on any atom is 0.261 e. The molecule has 0 bridgehead atoms. The van der Waals surface area contributed by atoms with Gasteiger partial charge >= 0.3 is 0 Å². The Balaban J connectivity index is 1.27. The zero-order chi connectivity index (χ0) is 24.3. The van der Waals surface area contributed by atoms with E-state index in [1.165, 1.54) is 0 Å². The zero-order valence-electron chi connectivity index (χ0n) is 18.9. The van der Waals surface area contributed by atoms with Gasteiger partial charge in [-0.2, -0.15) is 0 Å². The number of para-hydroxylation sites is 3. The summed E-state index contributed by atoms with van der Waals surface area (Å²) < 4.78 is 11.4. The van der Waals surface area contributed by atoms with Crippen LogP contribution in [0.1, 0.15) is 10.4 Å². The van der Waals surface area contributed by atoms with Crippen LogP contribution in [-0.2, 0) is 0 Å². The maximum absolute atomic E-state index is 12.8. The molecule has 0 spiro atoms. The second-order valence-corrected chi connectivity index (χ2v) is 7.89. The maximum atomic E-state index is 12.8. The minimum absolute atomic E-state index is 0.195. The highest BCUT2D eigenvalue weighted by molar-refractivity contribution is 7.80. The molecule has 4 aromatic rings. The highest BCUT2D eigenvalue weighted by Crippen LogP contribution is 2.20. The van der Waals surface area contributed by atoms with Gasteiger partial charge in [-0.05, 0) is 72.9 Å². The van der Waals surface area contributed by atoms with Gasteiger partial charge in [-0.25, -0.2) is 0 Å². The summed E-state index contributed by atoms with van der Waals surface area (Å²) in [4.78, 5) is 12.8. The normalized spacial score (nSPS) is 10.2. The quantitative estimate of drug-likeness (QED) is 0.200. The Morgan fingerprint density at radius 2 is 1.23 bits per heavy atom. The summed E-state index contributed by atoms with van der Waals surface area (Å²) in [5.74, 6) is 0.868. The molecular weight excluding hydrogens is 458 g/mol. The fourth-order valence-corrected chi connectivity index (χ4v) is 3.48. The molecule has 0 saturated carbocycles. The van der Waals surface area contributed by atoms with Crippen molar-refractivity contribution in [2.24, 2.45) is 0 Å². The third-order valence-corrected chi connectivity index (χ3v) is 5.12. The molecule has 7 heteroatoms. The van der Waals surface area contributed by atoms with Gasteiger partial charge in [0, 0.05) is 17.1 Å². The van der Waals surface area contributed by atoms with E-state index in [1.54, 1.807) is 18.2 Å². The molecule has 4 aromatic carbocycles. The van der Waals surface area contributed by atoms with Gasteiger partial charge in [0.2, 0.25) is 0 Å². The van der Waals surface area contributed by atoms with E-state index in [-0.39, 0.29) is 11.0 Å². The van der Waals surface area contributed by atoms with Crippen LogP contribution >= 0.6 is 12.2 Å². The Morgan fingerprint density at radius 1 is 0.657 bits per heavy atom. The predicted molar refractivity (Wildman–Crippen MR) is 144 cm³/mol. The minimum Gasteiger partial charge on any atom is -0.490 e. The lowest BCUT2D eigenvalue weighted by molar-refractivity contribution is 0.0972. The first kappa shape index (κ1) is 23.8. The van der Waals surface area contributed by atoms with Crippen LogP contribution in [0.15, 0.2) is 109 Å². The summed E-state index contributed by atoms with van der Waals surface area (Å²) in [5, 5.41) is 9.26. The number of amides is 1. The first-order chi connectivity index (χ1) is 17.2. The minimum atomic E-state index is -0.357. The van der Waals surface area contributed by atoms with Gasteiger partial charge in [-0.3, -0.25) is 10.1 Å². The van der Waals surface area contributed by atoms with E-state index >= 15 is 0 Å². The summed E-state index contributed by atoms with van der Waals surface area (Å²) in [6.07, 6.45) is 0. The average molecular weight is 484 g/mol. The molecule has 6 nitrogen and oxygen atoms in total. The van der Waals surface area contributed by atoms with Gasteiger partial charge in [0.05, 0.1) is 5.56 Å². The van der Waals surface area contributed by atoms with Gasteiger partial charge in [0.25, 0.3) is 5.91 Å². The van der Waals surface area contributed by atoms with Crippen molar-refractivity contribution < 1.29 is 14.3 Å². The Kier molecular flexibility index (Phi) is 8.29. The molecule has 0 atom stereocenters. The standard InChI is InChI=1S/C28H25N3O3S/c32-27(25-13-7-8-14-26(25)34-20-19-33-24-11-5-2-6-12-24)31-28(35)30-23-17-15-22(16-18-23)29-21-9-3-1-4-10-21/h1-18,29H,19-20H2,(H2,30,31,32,35). The lowest BCUT2D eigenvalue weighted by Gasteiger charge is -2.14. The van der Waals surface area contributed by atoms with Gasteiger partial charge in [-0.15, -0.1) is 0 Å². The van der Waals surface area contributed by atoms with Crippen LogP contribution in [-0.4, -0.2) is 24.2 Å². The molecule has 0 radical (unpaired) electrons. The van der Waals surface area contributed by atoms with E-state index in [9.17, 15) is 4.79 Å². The van der Waals surface area contributed by atoms with E-state index in [0.717, 1.165) is 22.8 Å². The van der Waals surface area contributed by atoms with Gasteiger partial charge in [0.1, 0.15) is 24.7 Å². The van der Waals surface area contributed by atoms with Crippen LogP contribution in [0.25, 0.3) is 0 Å². The van der Waals surface area contributed by atoms with Gasteiger partial charge < -0.3 is 20.1 Å². The SMILES string of the molecule is O=C(NC(=S)Nc1ccc(Nc2ccccc2)cc1)c1ccccc1OCCOc1ccccc1. The van der Waals surface area contributed by atoms with Crippen molar-refractivity contribution in [2.45, 2.75) is 0 Å². The second-order valence-electron chi connectivity index (χ2n) is 7.48. The first-order valence-corrected chi connectivity index (χ1v) is 11.5. The third-order valence-electron chi connectivity index (χ3n) is 4.92. The summed E-state index contributed by atoms with van der Waals surface area (Å²) in [6.45, 7) is 0.653. The monoisotopic (exact) mass is 483 g/mol. The molecule has 0 aliphatic heterocycles. The fourth-order valence-electron chi connectivity index (χ4n) is 3.27. The fraction of sp³-hybridized carbons (Fsp3) is 0.0714. The molecule has 0 aliphatic rings. The number of hydrogen-bond acceptors (Lipinski definition) is 5. The number of carbonyl (C=O) groups excluding carboxylic acids is 1. The van der Waals surface area contributed by atoms with Crippen molar-refractivity contribution in [1.29, 1.82) is 0 Å². The van der Waals surface area contributed by atoms with Crippen LogP contribution in [0.3, 0.4) is 0 Å². The number of nitrogens with one attached hydrogen (secondary N) is 3. The van der Waals surface area contributed by atoms with Crippen LogP contribution in [0.4, 0.5) is 17.1 Å². The largest absolute Gasteiger partial charge is 0.490 e. The Morgan fingerprint density at radius 3 is 1.97 bits per heavy atom. The topological polar surface area (TPSA) is 71.6 Å². The van der Waals surface area contributed by atoms with E-state index in [4.69, 9.17) is 21.7 Å². The van der Waals surface area contributed by atoms with Crippen molar-refractivity contribution in [3.63, 3.8) is 0 Å². The summed E-state index contributed by atoms with van der Waals surface area (Å²) in [6, 6.07) is 34.0. The average Bonchev–Trinajstić information content (AvgIpc) is 2.89. The first-order valence-electron chi connectivity index (χ1n) is 11.1. The molecular formula is C28H25N3O3S. The zero-order valence-corrected chi connectivity index (χ0v) is 19.8. The molecule has 4 rings (SSSR count). The van der Waals surface area contributed by atoms with Crippen LogP contribution < -0.4 is 25.4 Å². The molecule has 0 fully saturated rings. The van der Waals surface area contributed by atoms with Crippen molar-refractivity contribution in [1.82, 2.24) is 5.32 Å². The second kappa shape index (κ2) is 12.2. The Labute approximate surface area is 209 Å². The number of rotatable bonds is 9. The van der Waals surface area contributed by atoms with Crippen LogP contribution in [0.5, 0.6) is 11.5 Å². The van der Waals surface area contributed by atoms with E-state index in [1.807, 2.05) is 91.0 Å². The van der Waals surface area contributed by atoms with Crippen molar-refractivity contribution >= 4 is 40.3 Å². The number of thiocarbonyl (C=S) groups is 1. The molecule has 176 valence electrons. The van der Waals surface area contributed by atoms with Crippen LogP contribution in [0.2, 0.25) is 0 Å². The lowest BCUT2D eigenvalue weighted by atomic mass is 10.2. The summed E-state index contributed by atoms with van der Waals surface area (Å²) in [7, 11) is 0. The molecule has 0 unspecified atom stereocenters. The van der Waals surface area contributed by atoms with E-state index < -0.39 is 0 Å². The highest BCUT2D eigenvalue weighted by atomic mass is 32.1. The molecule has 35 heavy (non-hydrogen) atoms. The molecule has 1 amide bonds. The number of carbonyl (C=O) groups is 1. The van der Waals surface area contributed by atoms with Crippen molar-refractivity contribution in [3.05, 3.63) is 115 Å². The third kappa shape index (κ3) is 7.31. The highest BCUT2D eigenvalue weighted by Gasteiger charge is 2.14. The van der Waals surface area contributed by atoms with Crippen molar-refractivity contribution in [2.75, 3.05) is 23.8 Å². The lowest BCUT2D eigenvalue weighted by Crippen LogP contribution is -2.34. The molecule has 3 N–H and O–H groups in total. The molecule has 0 aromatic heterocycles. The Hall–Kier alpha value is -4.36. The smallest absolute Gasteiger partial charge is 0.261 e. The number of ether oxygens (including phenoxy) is 2.